The fourth-order valence-electron chi connectivity index (χ4n) is 2.22. The third-order valence-corrected chi connectivity index (χ3v) is 5.29. The molecule has 0 radical (unpaired) electrons. The van der Waals surface area contributed by atoms with Gasteiger partial charge in [0.2, 0.25) is 5.91 Å². The van der Waals surface area contributed by atoms with Crippen LogP contribution in [0.2, 0.25) is 0 Å². The standard InChI is InChI=1S/C17H17N5O2S2/c1-2-22-15(13-9-6-10-25-13)19-21-17(22)26-11-14(23)18-20-16(24)12-7-4-3-5-8-12/h3-10H,2,11H2,1H3,(H,18,23)(H,20,24). The molecule has 134 valence electrons. The minimum Gasteiger partial charge on any atom is -0.302 e. The fourth-order valence-corrected chi connectivity index (χ4v) is 3.74. The molecule has 0 aliphatic heterocycles. The Morgan fingerprint density at radius 2 is 1.92 bits per heavy atom. The van der Waals surface area contributed by atoms with Crippen LogP contribution >= 0.6 is 23.1 Å². The van der Waals surface area contributed by atoms with Gasteiger partial charge < -0.3 is 4.57 Å². The van der Waals surface area contributed by atoms with E-state index in [9.17, 15) is 9.59 Å². The van der Waals surface area contributed by atoms with E-state index in [1.807, 2.05) is 35.1 Å². The van der Waals surface area contributed by atoms with Gasteiger partial charge in [0.1, 0.15) is 0 Å². The number of nitrogens with one attached hydrogen (secondary N) is 2. The Kier molecular flexibility index (Phi) is 6.03. The summed E-state index contributed by atoms with van der Waals surface area (Å²) in [6, 6.07) is 12.6. The van der Waals surface area contributed by atoms with E-state index in [0.717, 1.165) is 10.7 Å². The second-order valence-corrected chi connectivity index (χ2v) is 7.07. The third kappa shape index (κ3) is 4.30. The summed E-state index contributed by atoms with van der Waals surface area (Å²) in [4.78, 5) is 24.9. The Morgan fingerprint density at radius 1 is 1.12 bits per heavy atom. The van der Waals surface area contributed by atoms with Crippen LogP contribution in [-0.4, -0.2) is 32.3 Å². The normalized spacial score (nSPS) is 10.5. The molecule has 1 aromatic carbocycles. The van der Waals surface area contributed by atoms with Crippen molar-refractivity contribution >= 4 is 34.9 Å². The molecule has 0 aliphatic carbocycles. The molecular formula is C17H17N5O2S2. The van der Waals surface area contributed by atoms with E-state index in [1.165, 1.54) is 11.8 Å². The highest BCUT2D eigenvalue weighted by molar-refractivity contribution is 7.99. The molecule has 0 spiro atoms. The number of carbonyl (C=O) groups is 2. The van der Waals surface area contributed by atoms with Crippen LogP contribution < -0.4 is 10.9 Å². The zero-order valence-corrected chi connectivity index (χ0v) is 15.6. The number of hydrogen-bond acceptors (Lipinski definition) is 6. The van der Waals surface area contributed by atoms with Gasteiger partial charge in [0, 0.05) is 12.1 Å². The number of nitrogens with zero attached hydrogens (tertiary/aromatic N) is 3. The maximum Gasteiger partial charge on any atom is 0.269 e. The van der Waals surface area contributed by atoms with Crippen LogP contribution in [-0.2, 0) is 11.3 Å². The van der Waals surface area contributed by atoms with Gasteiger partial charge in [-0.2, -0.15) is 0 Å². The number of hydrogen-bond donors (Lipinski definition) is 2. The first-order valence-electron chi connectivity index (χ1n) is 7.93. The van der Waals surface area contributed by atoms with Crippen molar-refractivity contribution in [2.75, 3.05) is 5.75 Å². The number of aromatic nitrogens is 3. The molecule has 2 aromatic heterocycles. The van der Waals surface area contributed by atoms with E-state index in [1.54, 1.807) is 35.6 Å². The molecule has 0 unspecified atom stereocenters. The van der Waals surface area contributed by atoms with Gasteiger partial charge in [-0.1, -0.05) is 36.0 Å². The van der Waals surface area contributed by atoms with Crippen molar-refractivity contribution in [1.29, 1.82) is 0 Å². The predicted octanol–water partition coefficient (Wildman–Crippen LogP) is 2.58. The van der Waals surface area contributed by atoms with E-state index < -0.39 is 0 Å². The molecule has 0 atom stereocenters. The molecule has 9 heteroatoms. The molecule has 0 bridgehead atoms. The summed E-state index contributed by atoms with van der Waals surface area (Å²) in [6.45, 7) is 2.71. The van der Waals surface area contributed by atoms with Crippen molar-refractivity contribution in [1.82, 2.24) is 25.6 Å². The van der Waals surface area contributed by atoms with Crippen molar-refractivity contribution in [3.8, 4) is 10.7 Å². The third-order valence-electron chi connectivity index (χ3n) is 3.46. The molecule has 0 saturated heterocycles. The maximum absolute atomic E-state index is 12.0. The quantitative estimate of drug-likeness (QED) is 0.501. The van der Waals surface area contributed by atoms with Crippen molar-refractivity contribution in [3.63, 3.8) is 0 Å². The number of benzene rings is 1. The largest absolute Gasteiger partial charge is 0.302 e. The highest BCUT2D eigenvalue weighted by Gasteiger charge is 2.15. The van der Waals surface area contributed by atoms with E-state index in [2.05, 4.69) is 21.0 Å². The van der Waals surface area contributed by atoms with Gasteiger partial charge in [0.15, 0.2) is 11.0 Å². The van der Waals surface area contributed by atoms with Crippen LogP contribution in [0.15, 0.2) is 53.0 Å². The summed E-state index contributed by atoms with van der Waals surface area (Å²) in [7, 11) is 0. The molecule has 0 aliphatic rings. The summed E-state index contributed by atoms with van der Waals surface area (Å²) in [5, 5.41) is 11.0. The molecule has 2 amide bonds. The van der Waals surface area contributed by atoms with Crippen molar-refractivity contribution in [2.24, 2.45) is 0 Å². The molecule has 7 nitrogen and oxygen atoms in total. The highest BCUT2D eigenvalue weighted by Crippen LogP contribution is 2.26. The Hall–Kier alpha value is -2.65. The Labute approximate surface area is 158 Å². The summed E-state index contributed by atoms with van der Waals surface area (Å²) >= 11 is 2.87. The lowest BCUT2D eigenvalue weighted by Gasteiger charge is -2.08. The van der Waals surface area contributed by atoms with Crippen LogP contribution in [0.1, 0.15) is 17.3 Å². The molecule has 3 rings (SSSR count). The van der Waals surface area contributed by atoms with Crippen molar-refractivity contribution in [3.05, 3.63) is 53.4 Å². The van der Waals surface area contributed by atoms with Gasteiger partial charge in [-0.25, -0.2) is 0 Å². The number of rotatable bonds is 6. The molecular weight excluding hydrogens is 370 g/mol. The molecule has 2 N–H and O–H groups in total. The zero-order valence-electron chi connectivity index (χ0n) is 14.0. The van der Waals surface area contributed by atoms with Crippen LogP contribution in [0.3, 0.4) is 0 Å². The van der Waals surface area contributed by atoms with Gasteiger partial charge in [-0.3, -0.25) is 20.4 Å². The first-order chi connectivity index (χ1) is 12.7. The average Bonchev–Trinajstić information content (AvgIpc) is 3.34. The number of hydrazine groups is 1. The molecule has 0 fully saturated rings. The van der Waals surface area contributed by atoms with E-state index in [-0.39, 0.29) is 17.6 Å². The minimum absolute atomic E-state index is 0.123. The van der Waals surface area contributed by atoms with E-state index in [0.29, 0.717) is 17.3 Å². The van der Waals surface area contributed by atoms with Gasteiger partial charge in [0.05, 0.1) is 10.6 Å². The van der Waals surface area contributed by atoms with Crippen LogP contribution in [0.4, 0.5) is 0 Å². The highest BCUT2D eigenvalue weighted by atomic mass is 32.2. The SMILES string of the molecule is CCn1c(SCC(=O)NNC(=O)c2ccccc2)nnc1-c1cccs1. The van der Waals surface area contributed by atoms with Crippen molar-refractivity contribution < 1.29 is 9.59 Å². The predicted molar refractivity (Wildman–Crippen MR) is 102 cm³/mol. The lowest BCUT2D eigenvalue weighted by Crippen LogP contribution is -2.42. The van der Waals surface area contributed by atoms with Crippen LogP contribution in [0, 0.1) is 0 Å². The molecule has 26 heavy (non-hydrogen) atoms. The zero-order chi connectivity index (χ0) is 18.4. The lowest BCUT2D eigenvalue weighted by molar-refractivity contribution is -0.119. The van der Waals surface area contributed by atoms with Gasteiger partial charge in [-0.05, 0) is 30.5 Å². The van der Waals surface area contributed by atoms with Gasteiger partial charge in [-0.15, -0.1) is 21.5 Å². The topological polar surface area (TPSA) is 88.9 Å². The number of thiophene rings is 1. The number of amides is 2. The van der Waals surface area contributed by atoms with Crippen molar-refractivity contribution in [2.45, 2.75) is 18.6 Å². The first-order valence-corrected chi connectivity index (χ1v) is 9.79. The molecule has 2 heterocycles. The Balaban J connectivity index is 1.54. The van der Waals surface area contributed by atoms with Gasteiger partial charge in [0.25, 0.3) is 5.91 Å². The first kappa shape index (κ1) is 18.2. The number of carbonyl (C=O) groups excluding carboxylic acids is 2. The fraction of sp³-hybridized carbons (Fsp3) is 0.176. The van der Waals surface area contributed by atoms with E-state index in [4.69, 9.17) is 0 Å². The summed E-state index contributed by atoms with van der Waals surface area (Å²) in [5.41, 5.74) is 5.28. The smallest absolute Gasteiger partial charge is 0.269 e. The minimum atomic E-state index is -0.361. The molecule has 3 aromatic rings. The maximum atomic E-state index is 12.0. The van der Waals surface area contributed by atoms with Gasteiger partial charge >= 0.3 is 0 Å². The second kappa shape index (κ2) is 8.63. The summed E-state index contributed by atoms with van der Waals surface area (Å²) in [6.07, 6.45) is 0. The molecule has 0 saturated carbocycles. The number of thioether (sulfide) groups is 1. The monoisotopic (exact) mass is 387 g/mol. The lowest BCUT2D eigenvalue weighted by atomic mass is 10.2. The Bertz CT molecular complexity index is 878. The van der Waals surface area contributed by atoms with Crippen LogP contribution in [0.25, 0.3) is 10.7 Å². The Morgan fingerprint density at radius 3 is 2.62 bits per heavy atom. The average molecular weight is 387 g/mol. The summed E-state index contributed by atoms with van der Waals surface area (Å²) < 4.78 is 1.96. The van der Waals surface area contributed by atoms with E-state index >= 15 is 0 Å². The second-order valence-electron chi connectivity index (χ2n) is 5.18. The van der Waals surface area contributed by atoms with Crippen LogP contribution in [0.5, 0.6) is 0 Å². The summed E-state index contributed by atoms with van der Waals surface area (Å²) in [5.74, 6) is 0.239.